The van der Waals surface area contributed by atoms with Crippen molar-refractivity contribution in [2.45, 2.75) is 6.54 Å². The number of carboxylic acids is 1. The summed E-state index contributed by atoms with van der Waals surface area (Å²) in [5.74, 6) is -0.779. The second-order valence-electron chi connectivity index (χ2n) is 2.80. The fraction of sp³-hybridized carbons (Fsp3) is 0.222. The van der Waals surface area contributed by atoms with Crippen molar-refractivity contribution in [1.82, 2.24) is 9.78 Å². The molecule has 86 valence electrons. The van der Waals surface area contributed by atoms with Crippen LogP contribution in [0.15, 0.2) is 24.9 Å². The molecule has 0 saturated heterocycles. The lowest BCUT2D eigenvalue weighted by Crippen LogP contribution is -2.15. The highest BCUT2D eigenvalue weighted by atomic mass is 16.5. The first-order valence-electron chi connectivity index (χ1n) is 4.41. The standard InChI is InChI=1S/C9H11N3O4/c1-2-5-16-9(15)10-7-3-4-12(11-7)6-8(13)14/h2-4H,1,5-6H2,(H,13,14)(H,10,11,15). The number of aliphatic carboxylic acids is 1. The predicted octanol–water partition coefficient (Wildman–Crippen LogP) is 0.702. The molecule has 0 aliphatic rings. The summed E-state index contributed by atoms with van der Waals surface area (Å²) in [6, 6.07) is 1.47. The number of hydrogen-bond acceptors (Lipinski definition) is 4. The van der Waals surface area contributed by atoms with Crippen molar-refractivity contribution in [1.29, 1.82) is 0 Å². The minimum Gasteiger partial charge on any atom is -0.480 e. The van der Waals surface area contributed by atoms with Gasteiger partial charge >= 0.3 is 12.1 Å². The largest absolute Gasteiger partial charge is 0.480 e. The van der Waals surface area contributed by atoms with E-state index in [1.54, 1.807) is 0 Å². The van der Waals surface area contributed by atoms with Crippen LogP contribution in [0.5, 0.6) is 0 Å². The van der Waals surface area contributed by atoms with Gasteiger partial charge in [0, 0.05) is 12.3 Å². The molecule has 16 heavy (non-hydrogen) atoms. The van der Waals surface area contributed by atoms with E-state index in [4.69, 9.17) is 5.11 Å². The van der Waals surface area contributed by atoms with Gasteiger partial charge < -0.3 is 9.84 Å². The molecule has 1 heterocycles. The number of nitrogens with one attached hydrogen (secondary N) is 1. The van der Waals surface area contributed by atoms with Crippen LogP contribution in [0, 0.1) is 0 Å². The molecule has 0 saturated carbocycles. The van der Waals surface area contributed by atoms with Gasteiger partial charge in [-0.15, -0.1) is 0 Å². The van der Waals surface area contributed by atoms with E-state index in [0.29, 0.717) is 0 Å². The molecule has 0 radical (unpaired) electrons. The molecule has 0 atom stereocenters. The molecular formula is C9H11N3O4. The van der Waals surface area contributed by atoms with E-state index < -0.39 is 12.1 Å². The number of carboxylic acid groups (broad SMARTS) is 1. The van der Waals surface area contributed by atoms with Gasteiger partial charge in [0.05, 0.1) is 0 Å². The van der Waals surface area contributed by atoms with E-state index in [-0.39, 0.29) is 19.0 Å². The van der Waals surface area contributed by atoms with Crippen LogP contribution in [0.4, 0.5) is 10.6 Å². The zero-order chi connectivity index (χ0) is 12.0. The third kappa shape index (κ3) is 3.82. The third-order valence-corrected chi connectivity index (χ3v) is 1.50. The molecule has 0 fully saturated rings. The predicted molar refractivity (Wildman–Crippen MR) is 55.0 cm³/mol. The summed E-state index contributed by atoms with van der Waals surface area (Å²) in [6.45, 7) is 3.22. The number of nitrogens with zero attached hydrogens (tertiary/aromatic N) is 2. The SMILES string of the molecule is C=CCOC(=O)Nc1ccn(CC(=O)O)n1. The van der Waals surface area contributed by atoms with Gasteiger partial charge in [0.25, 0.3) is 0 Å². The molecule has 0 aromatic carbocycles. The maximum atomic E-state index is 11.1. The normalized spacial score (nSPS) is 9.50. The Morgan fingerprint density at radius 3 is 3.06 bits per heavy atom. The third-order valence-electron chi connectivity index (χ3n) is 1.50. The van der Waals surface area contributed by atoms with E-state index in [2.05, 4.69) is 21.7 Å². The lowest BCUT2D eigenvalue weighted by Gasteiger charge is -2.01. The Morgan fingerprint density at radius 2 is 2.44 bits per heavy atom. The summed E-state index contributed by atoms with van der Waals surface area (Å²) in [4.78, 5) is 21.4. The van der Waals surface area contributed by atoms with Crippen LogP contribution < -0.4 is 5.32 Å². The molecule has 1 aromatic rings. The average molecular weight is 225 g/mol. The van der Waals surface area contributed by atoms with Crippen molar-refractivity contribution in [2.24, 2.45) is 0 Å². The first kappa shape index (κ1) is 11.8. The Bertz CT molecular complexity index is 399. The van der Waals surface area contributed by atoms with Gasteiger partial charge in [0.1, 0.15) is 13.2 Å². The van der Waals surface area contributed by atoms with Gasteiger partial charge in [-0.25, -0.2) is 4.79 Å². The molecule has 7 heteroatoms. The minimum absolute atomic E-state index is 0.0989. The van der Waals surface area contributed by atoms with Crippen molar-refractivity contribution >= 4 is 17.9 Å². The van der Waals surface area contributed by atoms with E-state index in [1.165, 1.54) is 23.0 Å². The molecule has 0 aliphatic heterocycles. The van der Waals surface area contributed by atoms with E-state index >= 15 is 0 Å². The van der Waals surface area contributed by atoms with Gasteiger partial charge in [-0.1, -0.05) is 12.7 Å². The number of amides is 1. The summed E-state index contributed by atoms with van der Waals surface area (Å²) >= 11 is 0. The topological polar surface area (TPSA) is 93.5 Å². The van der Waals surface area contributed by atoms with Crippen LogP contribution in [0.3, 0.4) is 0 Å². The second-order valence-corrected chi connectivity index (χ2v) is 2.80. The molecule has 1 aromatic heterocycles. The fourth-order valence-corrected chi connectivity index (χ4v) is 0.930. The highest BCUT2D eigenvalue weighted by Crippen LogP contribution is 2.02. The van der Waals surface area contributed by atoms with Crippen molar-refractivity contribution in [3.63, 3.8) is 0 Å². The van der Waals surface area contributed by atoms with Crippen molar-refractivity contribution in [3.05, 3.63) is 24.9 Å². The maximum Gasteiger partial charge on any atom is 0.413 e. The van der Waals surface area contributed by atoms with Crippen LogP contribution >= 0.6 is 0 Å². The molecule has 1 rings (SSSR count). The highest BCUT2D eigenvalue weighted by Gasteiger charge is 2.06. The number of ether oxygens (including phenoxy) is 1. The number of carbonyl (C=O) groups excluding carboxylic acids is 1. The Hall–Kier alpha value is -2.31. The molecule has 2 N–H and O–H groups in total. The number of rotatable bonds is 5. The zero-order valence-corrected chi connectivity index (χ0v) is 8.42. The summed E-state index contributed by atoms with van der Waals surface area (Å²) in [6.07, 6.45) is 2.21. The summed E-state index contributed by atoms with van der Waals surface area (Å²) in [5, 5.41) is 14.6. The monoisotopic (exact) mass is 225 g/mol. The quantitative estimate of drug-likeness (QED) is 0.719. The summed E-state index contributed by atoms with van der Waals surface area (Å²) in [5.41, 5.74) is 0. The van der Waals surface area contributed by atoms with Crippen LogP contribution in [-0.4, -0.2) is 33.6 Å². The van der Waals surface area contributed by atoms with Crippen molar-refractivity contribution in [3.8, 4) is 0 Å². The van der Waals surface area contributed by atoms with E-state index in [1.807, 2.05) is 0 Å². The van der Waals surface area contributed by atoms with Crippen LogP contribution in [0.2, 0.25) is 0 Å². The van der Waals surface area contributed by atoms with Gasteiger partial charge in [-0.05, 0) is 0 Å². The van der Waals surface area contributed by atoms with Crippen LogP contribution in [0.1, 0.15) is 0 Å². The lowest BCUT2D eigenvalue weighted by atomic mass is 10.6. The van der Waals surface area contributed by atoms with Gasteiger partial charge in [0.2, 0.25) is 0 Å². The number of hydrogen-bond donors (Lipinski definition) is 2. The molecule has 1 amide bonds. The zero-order valence-electron chi connectivity index (χ0n) is 8.42. The van der Waals surface area contributed by atoms with Crippen LogP contribution in [-0.2, 0) is 16.1 Å². The van der Waals surface area contributed by atoms with Crippen molar-refractivity contribution in [2.75, 3.05) is 11.9 Å². The molecule has 0 unspecified atom stereocenters. The lowest BCUT2D eigenvalue weighted by molar-refractivity contribution is -0.137. The van der Waals surface area contributed by atoms with Crippen LogP contribution in [0.25, 0.3) is 0 Å². The molecule has 0 spiro atoms. The van der Waals surface area contributed by atoms with E-state index in [9.17, 15) is 9.59 Å². The first-order chi connectivity index (χ1) is 7.61. The molecule has 0 aliphatic carbocycles. The Balaban J connectivity index is 2.48. The number of aromatic nitrogens is 2. The second kappa shape index (κ2) is 5.54. The highest BCUT2D eigenvalue weighted by molar-refractivity contribution is 5.83. The van der Waals surface area contributed by atoms with Crippen molar-refractivity contribution < 1.29 is 19.4 Å². The minimum atomic E-state index is -1.01. The number of anilines is 1. The Morgan fingerprint density at radius 1 is 1.69 bits per heavy atom. The maximum absolute atomic E-state index is 11.1. The molecule has 7 nitrogen and oxygen atoms in total. The van der Waals surface area contributed by atoms with Gasteiger partial charge in [-0.2, -0.15) is 5.10 Å². The van der Waals surface area contributed by atoms with Gasteiger partial charge in [-0.3, -0.25) is 14.8 Å². The summed E-state index contributed by atoms with van der Waals surface area (Å²) in [7, 11) is 0. The Labute approximate surface area is 91.3 Å². The number of carbonyl (C=O) groups is 2. The average Bonchev–Trinajstić information content (AvgIpc) is 2.61. The Kier molecular flexibility index (Phi) is 4.07. The molecular weight excluding hydrogens is 214 g/mol. The smallest absolute Gasteiger partial charge is 0.413 e. The first-order valence-corrected chi connectivity index (χ1v) is 4.41. The molecule has 0 bridgehead atoms. The van der Waals surface area contributed by atoms with Gasteiger partial charge in [0.15, 0.2) is 5.82 Å². The van der Waals surface area contributed by atoms with E-state index in [0.717, 1.165) is 0 Å². The summed E-state index contributed by atoms with van der Waals surface area (Å²) < 4.78 is 5.84. The fourth-order valence-electron chi connectivity index (χ4n) is 0.930.